The molecule has 1 atom stereocenters. The van der Waals surface area contributed by atoms with Gasteiger partial charge in [0.1, 0.15) is 17.4 Å². The van der Waals surface area contributed by atoms with E-state index in [1.165, 1.54) is 16.8 Å². The van der Waals surface area contributed by atoms with Gasteiger partial charge in [0.05, 0.1) is 33.2 Å². The van der Waals surface area contributed by atoms with Gasteiger partial charge in [0.15, 0.2) is 11.5 Å². The summed E-state index contributed by atoms with van der Waals surface area (Å²) in [6, 6.07) is 9.58. The Morgan fingerprint density at radius 1 is 1.03 bits per heavy atom. The summed E-state index contributed by atoms with van der Waals surface area (Å²) >= 11 is 0. The monoisotopic (exact) mass is 397 g/mol. The van der Waals surface area contributed by atoms with Crippen molar-refractivity contribution in [2.24, 2.45) is 0 Å². The molecule has 1 unspecified atom stereocenters. The number of nitrogens with one attached hydrogen (secondary N) is 1. The van der Waals surface area contributed by atoms with E-state index >= 15 is 0 Å². The van der Waals surface area contributed by atoms with Gasteiger partial charge in [-0.15, -0.1) is 0 Å². The van der Waals surface area contributed by atoms with Crippen molar-refractivity contribution in [3.05, 3.63) is 59.5 Å². The number of halogens is 1. The van der Waals surface area contributed by atoms with Crippen LogP contribution < -0.4 is 19.5 Å². The number of ether oxygens (including phenoxy) is 3. The van der Waals surface area contributed by atoms with E-state index in [0.717, 1.165) is 11.1 Å². The van der Waals surface area contributed by atoms with Gasteiger partial charge in [0.2, 0.25) is 5.91 Å². The predicted molar refractivity (Wildman–Crippen MR) is 105 cm³/mol. The number of fused-ring (bicyclic) bond motifs is 1. The molecule has 0 bridgehead atoms. The van der Waals surface area contributed by atoms with E-state index in [-0.39, 0.29) is 24.1 Å². The Balaban J connectivity index is 1.86. The molecule has 1 amide bonds. The number of amides is 1. The minimum Gasteiger partial charge on any atom is -0.496 e. The minimum absolute atomic E-state index is 0.169. The molecule has 0 saturated heterocycles. The van der Waals surface area contributed by atoms with Crippen LogP contribution in [-0.2, 0) is 4.79 Å². The number of methoxy groups -OCH3 is 3. The van der Waals surface area contributed by atoms with Crippen molar-refractivity contribution >= 4 is 11.7 Å². The van der Waals surface area contributed by atoms with Gasteiger partial charge >= 0.3 is 0 Å². The quantitative estimate of drug-likeness (QED) is 0.713. The first-order chi connectivity index (χ1) is 14.0. The number of carbonyl (C=O) groups is 1. The van der Waals surface area contributed by atoms with E-state index in [1.54, 1.807) is 45.7 Å². The number of hydrogen-bond acceptors (Lipinski definition) is 5. The molecule has 0 fully saturated rings. The maximum atomic E-state index is 13.7. The van der Waals surface area contributed by atoms with Crippen LogP contribution in [0.25, 0.3) is 5.69 Å². The molecule has 0 radical (unpaired) electrons. The van der Waals surface area contributed by atoms with Crippen LogP contribution in [0.1, 0.15) is 23.5 Å². The maximum absolute atomic E-state index is 13.7. The van der Waals surface area contributed by atoms with E-state index in [9.17, 15) is 9.18 Å². The topological polar surface area (TPSA) is 74.6 Å². The second kappa shape index (κ2) is 7.46. The average molecular weight is 397 g/mol. The molecule has 0 spiro atoms. The second-order valence-corrected chi connectivity index (χ2v) is 6.59. The molecule has 29 heavy (non-hydrogen) atoms. The fourth-order valence-electron chi connectivity index (χ4n) is 3.63. The van der Waals surface area contributed by atoms with Crippen molar-refractivity contribution in [1.82, 2.24) is 9.78 Å². The Kier molecular flexibility index (Phi) is 4.84. The Labute approximate surface area is 167 Å². The number of anilines is 1. The summed E-state index contributed by atoms with van der Waals surface area (Å²) in [5.41, 5.74) is 2.10. The van der Waals surface area contributed by atoms with E-state index in [0.29, 0.717) is 28.8 Å². The van der Waals surface area contributed by atoms with Crippen LogP contribution in [0, 0.1) is 5.82 Å². The highest BCUT2D eigenvalue weighted by molar-refractivity contribution is 5.95. The number of hydrogen-bond donors (Lipinski definition) is 1. The van der Waals surface area contributed by atoms with Crippen LogP contribution in [0.3, 0.4) is 0 Å². The molecule has 2 heterocycles. The molecule has 0 aliphatic carbocycles. The van der Waals surface area contributed by atoms with Gasteiger partial charge in [-0.3, -0.25) is 4.79 Å². The highest BCUT2D eigenvalue weighted by Crippen LogP contribution is 2.45. The Hall–Kier alpha value is -3.55. The number of nitrogens with zero attached hydrogens (tertiary/aromatic N) is 2. The third kappa shape index (κ3) is 3.26. The summed E-state index contributed by atoms with van der Waals surface area (Å²) in [7, 11) is 4.66. The standard InChI is InChI=1S/C21H20FN3O4/c1-27-17-10-19(29-3)18(28-2)8-15(17)14-9-20(26)24-21-16(14)11-23-25(21)13-6-4-5-12(22)7-13/h4-8,10-11,14H,9H2,1-3H3,(H,24,26). The van der Waals surface area contributed by atoms with Gasteiger partial charge in [0.25, 0.3) is 0 Å². The van der Waals surface area contributed by atoms with Crippen LogP contribution in [-0.4, -0.2) is 37.0 Å². The molecule has 2 aromatic carbocycles. The Morgan fingerprint density at radius 2 is 1.76 bits per heavy atom. The number of benzene rings is 2. The first kappa shape index (κ1) is 18.8. The van der Waals surface area contributed by atoms with Crippen molar-refractivity contribution < 1.29 is 23.4 Å². The predicted octanol–water partition coefficient (Wildman–Crippen LogP) is 3.51. The number of aromatic nitrogens is 2. The summed E-state index contributed by atoms with van der Waals surface area (Å²) in [5.74, 6) is 1.29. The zero-order valence-corrected chi connectivity index (χ0v) is 16.2. The molecule has 4 rings (SSSR count). The van der Waals surface area contributed by atoms with Crippen LogP contribution in [0.2, 0.25) is 0 Å². The molecule has 1 N–H and O–H groups in total. The lowest BCUT2D eigenvalue weighted by Crippen LogP contribution is -2.25. The molecule has 8 heteroatoms. The van der Waals surface area contributed by atoms with Crippen molar-refractivity contribution in [3.8, 4) is 22.9 Å². The van der Waals surface area contributed by atoms with Gasteiger partial charge < -0.3 is 19.5 Å². The summed E-state index contributed by atoms with van der Waals surface area (Å²) in [4.78, 5) is 12.5. The van der Waals surface area contributed by atoms with Crippen LogP contribution in [0.15, 0.2) is 42.6 Å². The average Bonchev–Trinajstić information content (AvgIpc) is 3.15. The highest BCUT2D eigenvalue weighted by atomic mass is 19.1. The van der Waals surface area contributed by atoms with Crippen LogP contribution >= 0.6 is 0 Å². The molecule has 1 aliphatic rings. The first-order valence-electron chi connectivity index (χ1n) is 8.99. The van der Waals surface area contributed by atoms with E-state index in [1.807, 2.05) is 6.07 Å². The maximum Gasteiger partial charge on any atom is 0.226 e. The molecular formula is C21H20FN3O4. The molecule has 150 valence electrons. The summed E-state index contributed by atoms with van der Waals surface area (Å²) in [6.45, 7) is 0. The summed E-state index contributed by atoms with van der Waals surface area (Å²) in [5, 5.41) is 7.25. The fraction of sp³-hybridized carbons (Fsp3) is 0.238. The molecular weight excluding hydrogens is 377 g/mol. The third-order valence-electron chi connectivity index (χ3n) is 4.98. The molecule has 3 aromatic rings. The van der Waals surface area contributed by atoms with Gasteiger partial charge in [-0.2, -0.15) is 5.10 Å². The Morgan fingerprint density at radius 3 is 2.45 bits per heavy atom. The third-order valence-corrected chi connectivity index (χ3v) is 4.98. The lowest BCUT2D eigenvalue weighted by atomic mass is 9.86. The first-order valence-corrected chi connectivity index (χ1v) is 8.99. The SMILES string of the molecule is COc1cc(OC)c(C2CC(=O)Nc3c2cnn3-c2cccc(F)c2)cc1OC. The zero-order valence-electron chi connectivity index (χ0n) is 16.2. The van der Waals surface area contributed by atoms with Crippen LogP contribution in [0.4, 0.5) is 10.2 Å². The number of carbonyl (C=O) groups excluding carboxylic acids is 1. The highest BCUT2D eigenvalue weighted by Gasteiger charge is 2.33. The van der Waals surface area contributed by atoms with Gasteiger partial charge in [-0.1, -0.05) is 6.07 Å². The van der Waals surface area contributed by atoms with Crippen molar-refractivity contribution in [1.29, 1.82) is 0 Å². The van der Waals surface area contributed by atoms with Gasteiger partial charge in [-0.25, -0.2) is 9.07 Å². The Bertz CT molecular complexity index is 1080. The van der Waals surface area contributed by atoms with Gasteiger partial charge in [-0.05, 0) is 24.3 Å². The molecule has 0 saturated carbocycles. The smallest absolute Gasteiger partial charge is 0.226 e. The zero-order chi connectivity index (χ0) is 20.5. The molecule has 1 aromatic heterocycles. The normalized spacial score (nSPS) is 15.4. The van der Waals surface area contributed by atoms with Crippen molar-refractivity contribution in [3.63, 3.8) is 0 Å². The van der Waals surface area contributed by atoms with E-state index in [4.69, 9.17) is 14.2 Å². The lowest BCUT2D eigenvalue weighted by Gasteiger charge is -2.26. The minimum atomic E-state index is -0.382. The largest absolute Gasteiger partial charge is 0.496 e. The summed E-state index contributed by atoms with van der Waals surface area (Å²) < 4.78 is 31.5. The van der Waals surface area contributed by atoms with E-state index < -0.39 is 0 Å². The summed E-state index contributed by atoms with van der Waals surface area (Å²) in [6.07, 6.45) is 1.90. The fourth-order valence-corrected chi connectivity index (χ4v) is 3.63. The number of rotatable bonds is 5. The van der Waals surface area contributed by atoms with Crippen molar-refractivity contribution in [2.75, 3.05) is 26.6 Å². The van der Waals surface area contributed by atoms with Gasteiger partial charge in [0, 0.05) is 29.5 Å². The van der Waals surface area contributed by atoms with Crippen LogP contribution in [0.5, 0.6) is 17.2 Å². The molecule has 7 nitrogen and oxygen atoms in total. The molecule has 1 aliphatic heterocycles. The van der Waals surface area contributed by atoms with E-state index in [2.05, 4.69) is 10.4 Å². The lowest BCUT2D eigenvalue weighted by molar-refractivity contribution is -0.116. The second-order valence-electron chi connectivity index (χ2n) is 6.59. The van der Waals surface area contributed by atoms with Crippen molar-refractivity contribution in [2.45, 2.75) is 12.3 Å².